The molecule has 1 aliphatic rings. The van der Waals surface area contributed by atoms with E-state index in [-0.39, 0.29) is 18.5 Å². The molecule has 0 aliphatic carbocycles. The zero-order valence-corrected chi connectivity index (χ0v) is 21.4. The highest BCUT2D eigenvalue weighted by Crippen LogP contribution is 2.44. The van der Waals surface area contributed by atoms with Crippen LogP contribution >= 0.6 is 11.6 Å². The molecule has 3 aromatic rings. The summed E-state index contributed by atoms with van der Waals surface area (Å²) in [5.41, 5.74) is 5.12. The van der Waals surface area contributed by atoms with Crippen LogP contribution in [0.4, 0.5) is 0 Å². The van der Waals surface area contributed by atoms with Gasteiger partial charge in [0.2, 0.25) is 5.78 Å². The van der Waals surface area contributed by atoms with Gasteiger partial charge < -0.3 is 14.0 Å². The average molecular weight is 480 g/mol. The molecule has 1 saturated heterocycles. The van der Waals surface area contributed by atoms with E-state index in [4.69, 9.17) is 21.1 Å². The van der Waals surface area contributed by atoms with Gasteiger partial charge in [-0.25, -0.2) is 0 Å². The Kier molecular flexibility index (Phi) is 7.49. The van der Waals surface area contributed by atoms with Crippen molar-refractivity contribution >= 4 is 17.4 Å². The summed E-state index contributed by atoms with van der Waals surface area (Å²) in [4.78, 5) is 12.8. The summed E-state index contributed by atoms with van der Waals surface area (Å²) in [7, 11) is 1.97. The van der Waals surface area contributed by atoms with Gasteiger partial charge in [0.15, 0.2) is 6.61 Å². The first-order valence-corrected chi connectivity index (χ1v) is 12.4. The molecule has 4 nitrogen and oxygen atoms in total. The molecule has 5 heteroatoms. The minimum absolute atomic E-state index is 0.00168. The number of carbonyl (C=O) groups is 1. The van der Waals surface area contributed by atoms with Gasteiger partial charge in [-0.3, -0.25) is 4.79 Å². The van der Waals surface area contributed by atoms with Crippen molar-refractivity contribution in [2.75, 3.05) is 13.2 Å². The monoisotopic (exact) mass is 479 g/mol. The van der Waals surface area contributed by atoms with Gasteiger partial charge in [-0.2, -0.15) is 0 Å². The number of ketones is 1. The molecule has 4 rings (SSSR count). The van der Waals surface area contributed by atoms with Gasteiger partial charge in [0.25, 0.3) is 0 Å². The topological polar surface area (TPSA) is 40.5 Å². The Labute approximate surface area is 207 Å². The normalized spacial score (nSPS) is 20.5. The molecule has 1 fully saturated rings. The number of ether oxygens (including phenoxy) is 2. The lowest BCUT2D eigenvalue weighted by molar-refractivity contribution is -0.0552. The van der Waals surface area contributed by atoms with Gasteiger partial charge in [-0.1, -0.05) is 49.7 Å². The first-order valence-electron chi connectivity index (χ1n) is 12.0. The van der Waals surface area contributed by atoms with Crippen LogP contribution in [0, 0.1) is 25.7 Å². The van der Waals surface area contributed by atoms with E-state index >= 15 is 0 Å². The van der Waals surface area contributed by atoms with Crippen molar-refractivity contribution in [1.29, 1.82) is 0 Å². The lowest BCUT2D eigenvalue weighted by Crippen LogP contribution is -2.31. The predicted octanol–water partition coefficient (Wildman–Crippen LogP) is 7.07. The number of aryl methyl sites for hydroxylation is 1. The molecule has 1 aromatic heterocycles. The van der Waals surface area contributed by atoms with Crippen LogP contribution in [0.1, 0.15) is 65.2 Å². The maximum atomic E-state index is 12.8. The van der Waals surface area contributed by atoms with Crippen LogP contribution in [-0.4, -0.2) is 23.6 Å². The van der Waals surface area contributed by atoms with Gasteiger partial charge in [-0.15, -0.1) is 0 Å². The molecular formula is C29H34ClNO3. The van der Waals surface area contributed by atoms with Crippen LogP contribution in [-0.2, 0) is 11.8 Å². The second kappa shape index (κ2) is 10.4. The zero-order valence-electron chi connectivity index (χ0n) is 20.7. The molecule has 3 atom stereocenters. The van der Waals surface area contributed by atoms with E-state index in [1.54, 1.807) is 0 Å². The molecule has 34 heavy (non-hydrogen) atoms. The summed E-state index contributed by atoms with van der Waals surface area (Å²) in [6.45, 7) is 9.17. The molecule has 0 unspecified atom stereocenters. The summed E-state index contributed by atoms with van der Waals surface area (Å²) in [5, 5.41) is 0.756. The van der Waals surface area contributed by atoms with Crippen molar-refractivity contribution in [2.45, 2.75) is 46.1 Å². The zero-order chi connectivity index (χ0) is 24.4. The van der Waals surface area contributed by atoms with Crippen molar-refractivity contribution < 1.29 is 14.3 Å². The van der Waals surface area contributed by atoms with Gasteiger partial charge in [0.1, 0.15) is 5.75 Å². The number of rotatable bonds is 7. The first kappa shape index (κ1) is 24.6. The summed E-state index contributed by atoms with van der Waals surface area (Å²) in [5.74, 6) is 1.89. The van der Waals surface area contributed by atoms with Crippen LogP contribution in [0.25, 0.3) is 0 Å². The lowest BCUT2D eigenvalue weighted by Gasteiger charge is -2.39. The van der Waals surface area contributed by atoms with Gasteiger partial charge >= 0.3 is 0 Å². The average Bonchev–Trinajstić information content (AvgIpc) is 3.10. The Hall–Kier alpha value is -2.56. The smallest absolute Gasteiger partial charge is 0.202 e. The fourth-order valence-electron chi connectivity index (χ4n) is 4.94. The number of hydrogen-bond acceptors (Lipinski definition) is 3. The van der Waals surface area contributed by atoms with Crippen molar-refractivity contribution in [3.8, 4) is 5.75 Å². The van der Waals surface area contributed by atoms with Crippen LogP contribution in [0.15, 0.2) is 54.6 Å². The fourth-order valence-corrected chi connectivity index (χ4v) is 5.07. The van der Waals surface area contributed by atoms with Crippen LogP contribution in [0.3, 0.4) is 0 Å². The largest absolute Gasteiger partial charge is 0.485 e. The minimum atomic E-state index is -0.00798. The first-order chi connectivity index (χ1) is 16.2. The van der Waals surface area contributed by atoms with Gasteiger partial charge in [-0.05, 0) is 73.6 Å². The number of benzene rings is 2. The van der Waals surface area contributed by atoms with E-state index in [1.165, 1.54) is 5.56 Å². The number of aromatic nitrogens is 1. The van der Waals surface area contributed by atoms with Crippen molar-refractivity contribution in [1.82, 2.24) is 4.57 Å². The molecule has 0 amide bonds. The number of halogens is 1. The van der Waals surface area contributed by atoms with Crippen LogP contribution in [0.5, 0.6) is 5.75 Å². The number of Topliss-reactive ketones (excluding diaryl/α,β-unsaturated/α-hetero) is 1. The van der Waals surface area contributed by atoms with E-state index in [9.17, 15) is 4.79 Å². The predicted molar refractivity (Wildman–Crippen MR) is 137 cm³/mol. The Morgan fingerprint density at radius 3 is 2.50 bits per heavy atom. The minimum Gasteiger partial charge on any atom is -0.485 e. The van der Waals surface area contributed by atoms with Gasteiger partial charge in [0.05, 0.1) is 12.7 Å². The van der Waals surface area contributed by atoms with E-state index in [2.05, 4.69) is 32.0 Å². The molecular weight excluding hydrogens is 446 g/mol. The lowest BCUT2D eigenvalue weighted by atomic mass is 9.76. The highest BCUT2D eigenvalue weighted by atomic mass is 35.5. The highest BCUT2D eigenvalue weighted by Gasteiger charge is 2.35. The highest BCUT2D eigenvalue weighted by molar-refractivity contribution is 6.30. The molecule has 0 spiro atoms. The third-order valence-electron chi connectivity index (χ3n) is 7.25. The second-order valence-corrected chi connectivity index (χ2v) is 10.2. The summed E-state index contributed by atoms with van der Waals surface area (Å²) in [6, 6.07) is 18.1. The maximum Gasteiger partial charge on any atom is 0.202 e. The Bertz CT molecular complexity index is 1150. The molecule has 0 N–H and O–H groups in total. The standard InChI is InChI=1S/C29H34ClNO3/c1-18(2)26-15-23(21-9-11-24(30)12-10-21)16-34-29(26)22-7-6-8-25(14-22)33-17-28(32)27-13-19(3)31(5)20(27)4/h6-14,18,23,26,29H,15-17H2,1-5H3/t23-,26-,29-/m0/s1. The third kappa shape index (κ3) is 5.24. The van der Waals surface area contributed by atoms with E-state index < -0.39 is 0 Å². The van der Waals surface area contributed by atoms with Gasteiger partial charge in [0, 0.05) is 34.9 Å². The van der Waals surface area contributed by atoms with Crippen molar-refractivity contribution in [3.63, 3.8) is 0 Å². The quantitative estimate of drug-likeness (QED) is 0.340. The molecule has 0 saturated carbocycles. The summed E-state index contributed by atoms with van der Waals surface area (Å²) >= 11 is 6.08. The molecule has 0 bridgehead atoms. The molecule has 1 aliphatic heterocycles. The third-order valence-corrected chi connectivity index (χ3v) is 7.50. The number of hydrogen-bond donors (Lipinski definition) is 0. The van der Waals surface area contributed by atoms with Crippen molar-refractivity contribution in [2.24, 2.45) is 18.9 Å². The van der Waals surface area contributed by atoms with Crippen molar-refractivity contribution in [3.05, 3.63) is 87.7 Å². The Balaban J connectivity index is 1.46. The molecule has 0 radical (unpaired) electrons. The SMILES string of the molecule is Cc1cc(C(=O)COc2cccc([C@@H]3OC[C@@H](c4ccc(Cl)cc4)C[C@H]3C(C)C)c2)c(C)n1C. The van der Waals surface area contributed by atoms with Crippen LogP contribution in [0.2, 0.25) is 5.02 Å². The second-order valence-electron chi connectivity index (χ2n) is 9.77. The number of nitrogens with zero attached hydrogens (tertiary/aromatic N) is 1. The number of carbonyl (C=O) groups excluding carboxylic acids is 1. The van der Waals surface area contributed by atoms with Crippen LogP contribution < -0.4 is 4.74 Å². The molecule has 2 aromatic carbocycles. The summed E-state index contributed by atoms with van der Waals surface area (Å²) in [6.07, 6.45) is 1.06. The Morgan fingerprint density at radius 1 is 1.12 bits per heavy atom. The molecule has 2 heterocycles. The Morgan fingerprint density at radius 2 is 1.85 bits per heavy atom. The molecule has 180 valence electrons. The summed E-state index contributed by atoms with van der Waals surface area (Å²) < 4.78 is 14.4. The fraction of sp³-hybridized carbons (Fsp3) is 0.414. The van der Waals surface area contributed by atoms with E-state index in [0.29, 0.717) is 30.1 Å². The van der Waals surface area contributed by atoms with E-state index in [1.807, 2.05) is 61.9 Å². The maximum absolute atomic E-state index is 12.8. The van der Waals surface area contributed by atoms with E-state index in [0.717, 1.165) is 34.0 Å².